The van der Waals surface area contributed by atoms with Crippen LogP contribution in [0.15, 0.2) is 22.8 Å². The smallest absolute Gasteiger partial charge is 0.287 e. The number of carbonyl (C=O) groups is 1. The van der Waals surface area contributed by atoms with Crippen LogP contribution in [0.5, 0.6) is 0 Å². The van der Waals surface area contributed by atoms with Crippen LogP contribution < -0.4 is 5.32 Å². The van der Waals surface area contributed by atoms with Gasteiger partial charge < -0.3 is 14.2 Å². The Kier molecular flexibility index (Phi) is 3.30. The lowest BCUT2D eigenvalue weighted by atomic mass is 10.4. The Morgan fingerprint density at radius 1 is 1.50 bits per heavy atom. The molecule has 0 aliphatic rings. The van der Waals surface area contributed by atoms with Gasteiger partial charge in [0.15, 0.2) is 5.76 Å². The van der Waals surface area contributed by atoms with Crippen molar-refractivity contribution in [2.45, 2.75) is 0 Å². The Hall–Kier alpha value is -1.29. The lowest BCUT2D eigenvalue weighted by molar-refractivity contribution is -0.869. The molecule has 0 spiro atoms. The number of furan rings is 1. The van der Waals surface area contributed by atoms with E-state index in [-0.39, 0.29) is 5.91 Å². The summed E-state index contributed by atoms with van der Waals surface area (Å²) in [4.78, 5) is 11.4. The second-order valence-electron chi connectivity index (χ2n) is 4.25. The molecule has 14 heavy (non-hydrogen) atoms. The number of carbonyl (C=O) groups excluding carboxylic acids is 1. The first-order valence-corrected chi connectivity index (χ1v) is 4.61. The predicted molar refractivity (Wildman–Crippen MR) is 53.9 cm³/mol. The molecule has 0 saturated carbocycles. The number of nitrogens with zero attached hydrogens (tertiary/aromatic N) is 1. The molecule has 0 fully saturated rings. The van der Waals surface area contributed by atoms with Crippen LogP contribution in [0.3, 0.4) is 0 Å². The fourth-order valence-corrected chi connectivity index (χ4v) is 1.000. The van der Waals surface area contributed by atoms with E-state index in [2.05, 4.69) is 26.5 Å². The molecule has 4 nitrogen and oxygen atoms in total. The average molecular weight is 197 g/mol. The van der Waals surface area contributed by atoms with Crippen LogP contribution in [-0.2, 0) is 0 Å². The molecule has 1 aromatic rings. The van der Waals surface area contributed by atoms with Crippen LogP contribution >= 0.6 is 0 Å². The van der Waals surface area contributed by atoms with Crippen molar-refractivity contribution in [1.82, 2.24) is 5.32 Å². The van der Waals surface area contributed by atoms with Crippen molar-refractivity contribution in [3.05, 3.63) is 24.2 Å². The SMILES string of the molecule is C[N+](C)(C)CCNC(=O)c1ccco1. The number of amides is 1. The fraction of sp³-hybridized carbons (Fsp3) is 0.500. The highest BCUT2D eigenvalue weighted by atomic mass is 16.3. The Labute approximate surface area is 84.1 Å². The third-order valence-electron chi connectivity index (χ3n) is 1.81. The van der Waals surface area contributed by atoms with Crippen molar-refractivity contribution in [3.8, 4) is 0 Å². The van der Waals surface area contributed by atoms with Crippen LogP contribution in [0.1, 0.15) is 10.6 Å². The minimum absolute atomic E-state index is 0.150. The molecule has 1 N–H and O–H groups in total. The standard InChI is InChI=1S/C10H16N2O2/c1-12(2,3)7-6-11-10(13)9-5-4-8-14-9/h4-5,8H,6-7H2,1-3H3/p+1. The van der Waals surface area contributed by atoms with Gasteiger partial charge in [0.1, 0.15) is 0 Å². The maximum absolute atomic E-state index is 11.4. The zero-order valence-electron chi connectivity index (χ0n) is 8.91. The number of nitrogens with one attached hydrogen (secondary N) is 1. The molecular formula is C10H17N2O2+. The lowest BCUT2D eigenvalue weighted by Crippen LogP contribution is -2.41. The molecule has 0 saturated heterocycles. The second kappa shape index (κ2) is 4.28. The van der Waals surface area contributed by atoms with E-state index in [0.29, 0.717) is 12.3 Å². The molecule has 1 aromatic heterocycles. The minimum atomic E-state index is -0.150. The molecule has 0 aliphatic heterocycles. The summed E-state index contributed by atoms with van der Waals surface area (Å²) in [6.07, 6.45) is 1.49. The highest BCUT2D eigenvalue weighted by Gasteiger charge is 2.10. The summed E-state index contributed by atoms with van der Waals surface area (Å²) in [5.74, 6) is 0.217. The van der Waals surface area contributed by atoms with Crippen molar-refractivity contribution in [1.29, 1.82) is 0 Å². The van der Waals surface area contributed by atoms with E-state index in [1.165, 1.54) is 6.26 Å². The summed E-state index contributed by atoms with van der Waals surface area (Å²) < 4.78 is 5.79. The minimum Gasteiger partial charge on any atom is -0.459 e. The van der Waals surface area contributed by atoms with Gasteiger partial charge in [0.2, 0.25) is 0 Å². The predicted octanol–water partition coefficient (Wildman–Crippen LogP) is 0.716. The quantitative estimate of drug-likeness (QED) is 0.722. The molecule has 0 radical (unpaired) electrons. The van der Waals surface area contributed by atoms with Gasteiger partial charge in [-0.05, 0) is 12.1 Å². The highest BCUT2D eigenvalue weighted by molar-refractivity contribution is 5.91. The van der Waals surface area contributed by atoms with E-state index < -0.39 is 0 Å². The Morgan fingerprint density at radius 2 is 2.21 bits per heavy atom. The monoisotopic (exact) mass is 197 g/mol. The Bertz CT molecular complexity index is 286. The first kappa shape index (κ1) is 10.8. The van der Waals surface area contributed by atoms with E-state index in [1.807, 2.05) is 0 Å². The maximum atomic E-state index is 11.4. The van der Waals surface area contributed by atoms with E-state index in [0.717, 1.165) is 11.0 Å². The van der Waals surface area contributed by atoms with Crippen molar-refractivity contribution < 1.29 is 13.7 Å². The van der Waals surface area contributed by atoms with Gasteiger partial charge in [-0.15, -0.1) is 0 Å². The zero-order valence-corrected chi connectivity index (χ0v) is 8.91. The van der Waals surface area contributed by atoms with Gasteiger partial charge in [0, 0.05) is 0 Å². The summed E-state index contributed by atoms with van der Waals surface area (Å²) >= 11 is 0. The first-order chi connectivity index (χ1) is 6.49. The van der Waals surface area contributed by atoms with Crippen LogP contribution in [0.2, 0.25) is 0 Å². The van der Waals surface area contributed by atoms with E-state index in [1.54, 1.807) is 12.1 Å². The van der Waals surface area contributed by atoms with Crippen LogP contribution in [0, 0.1) is 0 Å². The van der Waals surface area contributed by atoms with Crippen molar-refractivity contribution in [2.75, 3.05) is 34.2 Å². The second-order valence-corrected chi connectivity index (χ2v) is 4.25. The molecule has 1 heterocycles. The van der Waals surface area contributed by atoms with Gasteiger partial charge >= 0.3 is 0 Å². The van der Waals surface area contributed by atoms with Crippen molar-refractivity contribution >= 4 is 5.91 Å². The molecule has 0 bridgehead atoms. The summed E-state index contributed by atoms with van der Waals surface area (Å²) in [7, 11) is 6.25. The summed E-state index contributed by atoms with van der Waals surface area (Å²) in [5, 5.41) is 2.79. The van der Waals surface area contributed by atoms with Gasteiger partial charge in [0.25, 0.3) is 5.91 Å². The molecule has 4 heteroatoms. The van der Waals surface area contributed by atoms with Crippen molar-refractivity contribution in [3.63, 3.8) is 0 Å². The number of hydrogen-bond donors (Lipinski definition) is 1. The van der Waals surface area contributed by atoms with Gasteiger partial charge in [0.05, 0.1) is 40.5 Å². The zero-order chi connectivity index (χ0) is 10.6. The third-order valence-corrected chi connectivity index (χ3v) is 1.81. The molecule has 0 unspecified atom stereocenters. The Balaban J connectivity index is 2.30. The van der Waals surface area contributed by atoms with Gasteiger partial charge in [-0.25, -0.2) is 0 Å². The molecule has 78 valence electrons. The molecule has 0 aromatic carbocycles. The Morgan fingerprint density at radius 3 is 2.71 bits per heavy atom. The van der Waals surface area contributed by atoms with Gasteiger partial charge in [-0.2, -0.15) is 0 Å². The lowest BCUT2D eigenvalue weighted by Gasteiger charge is -2.23. The largest absolute Gasteiger partial charge is 0.459 e. The fourth-order valence-electron chi connectivity index (χ4n) is 1.000. The summed E-state index contributed by atoms with van der Waals surface area (Å²) in [6.45, 7) is 1.55. The van der Waals surface area contributed by atoms with E-state index in [4.69, 9.17) is 4.42 Å². The molecular weight excluding hydrogens is 180 g/mol. The number of likely N-dealkylation sites (N-methyl/N-ethyl adjacent to an activating group) is 1. The van der Waals surface area contributed by atoms with Crippen molar-refractivity contribution in [2.24, 2.45) is 0 Å². The molecule has 1 amide bonds. The number of rotatable bonds is 4. The van der Waals surface area contributed by atoms with Crippen LogP contribution in [0.25, 0.3) is 0 Å². The topological polar surface area (TPSA) is 42.2 Å². The molecule has 1 rings (SSSR count). The highest BCUT2D eigenvalue weighted by Crippen LogP contribution is 1.98. The van der Waals surface area contributed by atoms with E-state index >= 15 is 0 Å². The average Bonchev–Trinajstić information content (AvgIpc) is 2.53. The van der Waals surface area contributed by atoms with Crippen LogP contribution in [-0.4, -0.2) is 44.6 Å². The molecule has 0 aliphatic carbocycles. The van der Waals surface area contributed by atoms with Gasteiger partial charge in [-0.1, -0.05) is 0 Å². The van der Waals surface area contributed by atoms with E-state index in [9.17, 15) is 4.79 Å². The summed E-state index contributed by atoms with van der Waals surface area (Å²) in [5.41, 5.74) is 0. The molecule has 0 atom stereocenters. The third kappa shape index (κ3) is 3.62. The maximum Gasteiger partial charge on any atom is 0.287 e. The number of hydrogen-bond acceptors (Lipinski definition) is 2. The summed E-state index contributed by atoms with van der Waals surface area (Å²) in [6, 6.07) is 3.36. The van der Waals surface area contributed by atoms with Crippen LogP contribution in [0.4, 0.5) is 0 Å². The number of quaternary nitrogens is 1. The van der Waals surface area contributed by atoms with Gasteiger partial charge in [-0.3, -0.25) is 4.79 Å². The normalized spacial score (nSPS) is 11.4. The first-order valence-electron chi connectivity index (χ1n) is 4.61.